The summed E-state index contributed by atoms with van der Waals surface area (Å²) in [5.41, 5.74) is -0.363. The highest BCUT2D eigenvalue weighted by Crippen LogP contribution is 2.60. The number of carbonyl (C=O) groups is 1. The van der Waals surface area contributed by atoms with E-state index in [2.05, 4.69) is 16.1 Å². The van der Waals surface area contributed by atoms with Crippen LogP contribution in [-0.2, 0) is 14.3 Å². The summed E-state index contributed by atoms with van der Waals surface area (Å²) in [6.45, 7) is 1.70. The molecule has 1 atom stereocenters. The van der Waals surface area contributed by atoms with E-state index in [4.69, 9.17) is 0 Å². The molecular formula is C13H11F13O3. The van der Waals surface area contributed by atoms with Gasteiger partial charge in [0.15, 0.2) is 0 Å². The fourth-order valence-electron chi connectivity index (χ4n) is 1.40. The molecule has 0 saturated carbocycles. The Morgan fingerprint density at radius 2 is 1.17 bits per heavy atom. The van der Waals surface area contributed by atoms with E-state index in [9.17, 15) is 61.9 Å². The Morgan fingerprint density at radius 1 is 0.793 bits per heavy atom. The van der Waals surface area contributed by atoms with Gasteiger partial charge in [-0.2, -0.15) is 57.1 Å². The second kappa shape index (κ2) is 7.83. The topological polar surface area (TPSA) is 35.5 Å². The molecule has 16 heteroatoms. The number of hydrogen-bond donors (Lipinski definition) is 0. The molecule has 0 aromatic carbocycles. The van der Waals surface area contributed by atoms with Crippen LogP contribution in [0.3, 0.4) is 0 Å². The lowest BCUT2D eigenvalue weighted by molar-refractivity contribution is -0.442. The molecule has 0 aliphatic heterocycles. The first-order valence-electron chi connectivity index (χ1n) is 6.91. The molecule has 0 bridgehead atoms. The number of alkyl halides is 13. The van der Waals surface area contributed by atoms with Crippen molar-refractivity contribution in [1.29, 1.82) is 0 Å². The summed E-state index contributed by atoms with van der Waals surface area (Å²) in [4.78, 5) is 11.0. The highest BCUT2D eigenvalue weighted by Gasteiger charge is 2.90. The summed E-state index contributed by atoms with van der Waals surface area (Å²) >= 11 is 0. The normalized spacial score (nSPS) is 15.8. The Balaban J connectivity index is 5.76. The SMILES string of the molecule is C=C(C)C(=O)OC(C)OCC(F)(F)C(F)(F)C(F)(F)C(F)(F)C(F)(F)C(F)(F)F. The van der Waals surface area contributed by atoms with Gasteiger partial charge in [-0.25, -0.2) is 4.79 Å². The Bertz CT molecular complexity index is 624. The van der Waals surface area contributed by atoms with Crippen LogP contribution >= 0.6 is 0 Å². The first-order valence-corrected chi connectivity index (χ1v) is 6.91. The summed E-state index contributed by atoms with van der Waals surface area (Å²) in [7, 11) is 0. The maximum Gasteiger partial charge on any atom is 0.460 e. The van der Waals surface area contributed by atoms with E-state index in [0.29, 0.717) is 6.92 Å². The van der Waals surface area contributed by atoms with Crippen LogP contribution in [0.15, 0.2) is 12.2 Å². The van der Waals surface area contributed by atoms with Gasteiger partial charge in [0.2, 0.25) is 6.29 Å². The highest BCUT2D eigenvalue weighted by atomic mass is 19.4. The molecule has 0 aromatic rings. The van der Waals surface area contributed by atoms with Crippen LogP contribution in [0.4, 0.5) is 57.1 Å². The van der Waals surface area contributed by atoms with Crippen LogP contribution in [0.1, 0.15) is 13.8 Å². The second-order valence-electron chi connectivity index (χ2n) is 5.56. The number of rotatable bonds is 9. The molecule has 1 unspecified atom stereocenters. The Labute approximate surface area is 153 Å². The maximum absolute atomic E-state index is 13.4. The minimum Gasteiger partial charge on any atom is -0.433 e. The quantitative estimate of drug-likeness (QED) is 0.204. The van der Waals surface area contributed by atoms with Gasteiger partial charge in [-0.1, -0.05) is 6.58 Å². The molecule has 0 aliphatic rings. The van der Waals surface area contributed by atoms with Crippen molar-refractivity contribution in [3.8, 4) is 0 Å². The summed E-state index contributed by atoms with van der Waals surface area (Å²) in [6.07, 6.45) is -9.65. The minimum absolute atomic E-state index is 0.363. The molecule has 29 heavy (non-hydrogen) atoms. The lowest BCUT2D eigenvalue weighted by Crippen LogP contribution is -2.70. The van der Waals surface area contributed by atoms with Gasteiger partial charge in [-0.15, -0.1) is 0 Å². The van der Waals surface area contributed by atoms with Crippen LogP contribution in [0.5, 0.6) is 0 Å². The minimum atomic E-state index is -7.98. The monoisotopic (exact) mass is 462 g/mol. The van der Waals surface area contributed by atoms with Crippen LogP contribution in [0.2, 0.25) is 0 Å². The molecule has 0 heterocycles. The third-order valence-corrected chi connectivity index (χ3v) is 3.12. The van der Waals surface area contributed by atoms with Gasteiger partial charge in [-0.05, 0) is 13.8 Å². The average Bonchev–Trinajstić information content (AvgIpc) is 2.50. The first kappa shape index (κ1) is 27.3. The van der Waals surface area contributed by atoms with Crippen molar-refractivity contribution in [1.82, 2.24) is 0 Å². The van der Waals surface area contributed by atoms with Crippen molar-refractivity contribution in [2.24, 2.45) is 0 Å². The van der Waals surface area contributed by atoms with E-state index >= 15 is 0 Å². The fourth-order valence-corrected chi connectivity index (χ4v) is 1.40. The van der Waals surface area contributed by atoms with Crippen molar-refractivity contribution in [2.75, 3.05) is 6.61 Å². The van der Waals surface area contributed by atoms with Crippen LogP contribution in [0.25, 0.3) is 0 Å². The number of esters is 1. The molecule has 3 nitrogen and oxygen atoms in total. The van der Waals surface area contributed by atoms with Gasteiger partial charge in [0.25, 0.3) is 0 Å². The number of hydrogen-bond acceptors (Lipinski definition) is 3. The number of carbonyl (C=O) groups excluding carboxylic acids is 1. The van der Waals surface area contributed by atoms with Gasteiger partial charge in [0.05, 0.1) is 0 Å². The number of halogens is 13. The summed E-state index contributed by atoms with van der Waals surface area (Å²) < 4.78 is 175. The predicted octanol–water partition coefficient (Wildman–Crippen LogP) is 5.21. The van der Waals surface area contributed by atoms with E-state index in [0.717, 1.165) is 6.92 Å². The van der Waals surface area contributed by atoms with Crippen molar-refractivity contribution in [3.05, 3.63) is 12.2 Å². The molecule has 0 N–H and O–H groups in total. The Kier molecular flexibility index (Phi) is 7.36. The van der Waals surface area contributed by atoms with Crippen molar-refractivity contribution in [3.63, 3.8) is 0 Å². The number of ether oxygens (including phenoxy) is 2. The summed E-state index contributed by atoms with van der Waals surface area (Å²) in [6, 6.07) is 0. The predicted molar refractivity (Wildman–Crippen MR) is 67.1 cm³/mol. The zero-order valence-corrected chi connectivity index (χ0v) is 14.1. The average molecular weight is 462 g/mol. The largest absolute Gasteiger partial charge is 0.460 e. The molecule has 0 aromatic heterocycles. The summed E-state index contributed by atoms with van der Waals surface area (Å²) in [5, 5.41) is 0. The van der Waals surface area contributed by atoms with Gasteiger partial charge in [0.1, 0.15) is 6.61 Å². The van der Waals surface area contributed by atoms with Crippen molar-refractivity contribution in [2.45, 2.75) is 55.9 Å². The zero-order valence-electron chi connectivity index (χ0n) is 14.1. The summed E-state index contributed by atoms with van der Waals surface area (Å²) in [5.74, 6) is -38.9. The standard InChI is InChI=1S/C13H11F13O3/c1-5(2)7(27)29-6(3)28-4-8(14,15)9(16,17)10(18,19)11(20,21)12(22,23)13(24,25)26/h6H,1,4H2,2-3H3. The molecule has 0 saturated heterocycles. The molecular weight excluding hydrogens is 451 g/mol. The third kappa shape index (κ3) is 4.71. The third-order valence-electron chi connectivity index (χ3n) is 3.12. The van der Waals surface area contributed by atoms with Gasteiger partial charge in [-0.3, -0.25) is 0 Å². The molecule has 0 spiro atoms. The van der Waals surface area contributed by atoms with E-state index in [1.165, 1.54) is 0 Å². The first-order chi connectivity index (χ1) is 12.5. The van der Waals surface area contributed by atoms with Crippen LogP contribution in [-0.4, -0.2) is 54.7 Å². The smallest absolute Gasteiger partial charge is 0.433 e. The van der Waals surface area contributed by atoms with Crippen molar-refractivity contribution < 1.29 is 71.3 Å². The zero-order chi connectivity index (χ0) is 23.9. The molecule has 0 radical (unpaired) electrons. The van der Waals surface area contributed by atoms with Gasteiger partial charge in [0, 0.05) is 5.57 Å². The second-order valence-corrected chi connectivity index (χ2v) is 5.56. The van der Waals surface area contributed by atoms with E-state index in [-0.39, 0.29) is 5.57 Å². The van der Waals surface area contributed by atoms with Crippen LogP contribution in [0, 0.1) is 0 Å². The fraction of sp³-hybridized carbons (Fsp3) is 0.769. The lowest BCUT2D eigenvalue weighted by atomic mass is 9.94. The lowest BCUT2D eigenvalue weighted by Gasteiger charge is -2.39. The van der Waals surface area contributed by atoms with Gasteiger partial charge < -0.3 is 9.47 Å². The molecule has 172 valence electrons. The van der Waals surface area contributed by atoms with Crippen LogP contribution < -0.4 is 0 Å². The Hall–Kier alpha value is -1.74. The highest BCUT2D eigenvalue weighted by molar-refractivity contribution is 5.86. The van der Waals surface area contributed by atoms with Gasteiger partial charge >= 0.3 is 41.8 Å². The Morgan fingerprint density at radius 3 is 1.52 bits per heavy atom. The molecule has 0 rings (SSSR count). The maximum atomic E-state index is 13.4. The van der Waals surface area contributed by atoms with E-state index < -0.39 is 54.7 Å². The molecule has 0 fully saturated rings. The molecule has 0 aliphatic carbocycles. The van der Waals surface area contributed by atoms with Crippen molar-refractivity contribution >= 4 is 5.97 Å². The molecule has 0 amide bonds. The van der Waals surface area contributed by atoms with E-state index in [1.54, 1.807) is 0 Å². The van der Waals surface area contributed by atoms with E-state index in [1.807, 2.05) is 0 Å².